The lowest BCUT2D eigenvalue weighted by Crippen LogP contribution is -2.41. The Kier molecular flexibility index (Phi) is 7.58. The summed E-state index contributed by atoms with van der Waals surface area (Å²) in [6.07, 6.45) is 2.69. The van der Waals surface area contributed by atoms with E-state index in [-0.39, 0.29) is 35.6 Å². The van der Waals surface area contributed by atoms with Crippen LogP contribution in [0.25, 0.3) is 0 Å². The van der Waals surface area contributed by atoms with Gasteiger partial charge in [0.1, 0.15) is 5.82 Å². The van der Waals surface area contributed by atoms with Crippen molar-refractivity contribution in [1.82, 2.24) is 9.62 Å². The van der Waals surface area contributed by atoms with E-state index in [2.05, 4.69) is 4.72 Å². The first-order chi connectivity index (χ1) is 14.4. The smallest absolute Gasteiger partial charge is 0.240 e. The first-order valence-electron chi connectivity index (χ1n) is 10.2. The van der Waals surface area contributed by atoms with Crippen molar-refractivity contribution in [2.45, 2.75) is 49.1 Å². The number of hydrogen-bond acceptors (Lipinski definition) is 4. The number of carbonyl (C=O) groups is 1. The maximum atomic E-state index is 13.8. The van der Waals surface area contributed by atoms with E-state index in [9.17, 15) is 17.6 Å². The summed E-state index contributed by atoms with van der Waals surface area (Å²) in [5, 5.41) is 0. The van der Waals surface area contributed by atoms with Crippen LogP contribution in [0.4, 0.5) is 4.39 Å². The topological polar surface area (TPSA) is 92.5 Å². The SMILES string of the molecule is N[C@@H](CC(=O)N1CCCC1CCNS(=O)(=O)c1ccccc1)Cc1ccccc1F. The third-order valence-electron chi connectivity index (χ3n) is 5.40. The lowest BCUT2D eigenvalue weighted by molar-refractivity contribution is -0.132. The Hall–Kier alpha value is -2.29. The van der Waals surface area contributed by atoms with E-state index in [1.54, 1.807) is 53.4 Å². The van der Waals surface area contributed by atoms with E-state index < -0.39 is 16.1 Å². The van der Waals surface area contributed by atoms with E-state index in [1.807, 2.05) is 0 Å². The zero-order chi connectivity index (χ0) is 21.6. The van der Waals surface area contributed by atoms with Crippen molar-refractivity contribution in [3.05, 3.63) is 66.0 Å². The standard InChI is InChI=1S/C22H28FN3O3S/c23-21-11-5-4-7-17(21)15-18(24)16-22(27)26-14-6-8-19(26)12-13-25-30(28,29)20-9-2-1-3-10-20/h1-5,7,9-11,18-19,25H,6,8,12-16,24H2/t18-,19?/m1/s1. The van der Waals surface area contributed by atoms with Crippen molar-refractivity contribution >= 4 is 15.9 Å². The average Bonchev–Trinajstić information content (AvgIpc) is 3.19. The molecule has 0 spiro atoms. The Morgan fingerprint density at radius 1 is 1.17 bits per heavy atom. The lowest BCUT2D eigenvalue weighted by Gasteiger charge is -2.26. The van der Waals surface area contributed by atoms with Gasteiger partial charge < -0.3 is 10.6 Å². The summed E-state index contributed by atoms with van der Waals surface area (Å²) >= 11 is 0. The number of benzene rings is 2. The van der Waals surface area contributed by atoms with Crippen LogP contribution in [0.2, 0.25) is 0 Å². The summed E-state index contributed by atoms with van der Waals surface area (Å²) in [4.78, 5) is 14.8. The monoisotopic (exact) mass is 433 g/mol. The van der Waals surface area contributed by atoms with Crippen LogP contribution >= 0.6 is 0 Å². The molecule has 1 aliphatic heterocycles. The van der Waals surface area contributed by atoms with Crippen LogP contribution in [0.3, 0.4) is 0 Å². The van der Waals surface area contributed by atoms with Gasteiger partial charge in [0.2, 0.25) is 15.9 Å². The molecule has 2 atom stereocenters. The van der Waals surface area contributed by atoms with Crippen molar-refractivity contribution in [2.75, 3.05) is 13.1 Å². The highest BCUT2D eigenvalue weighted by atomic mass is 32.2. The van der Waals surface area contributed by atoms with Crippen LogP contribution in [0.5, 0.6) is 0 Å². The molecule has 0 radical (unpaired) electrons. The molecule has 0 bridgehead atoms. The van der Waals surface area contributed by atoms with Crippen LogP contribution < -0.4 is 10.5 Å². The molecule has 3 N–H and O–H groups in total. The number of hydrogen-bond donors (Lipinski definition) is 2. The third-order valence-corrected chi connectivity index (χ3v) is 6.87. The summed E-state index contributed by atoms with van der Waals surface area (Å²) in [6.45, 7) is 0.897. The van der Waals surface area contributed by atoms with E-state index >= 15 is 0 Å². The van der Waals surface area contributed by atoms with E-state index in [1.165, 1.54) is 6.07 Å². The number of halogens is 1. The maximum absolute atomic E-state index is 13.8. The summed E-state index contributed by atoms with van der Waals surface area (Å²) in [5.41, 5.74) is 6.61. The Labute approximate surface area is 177 Å². The molecular weight excluding hydrogens is 405 g/mol. The number of likely N-dealkylation sites (tertiary alicyclic amines) is 1. The number of nitrogens with two attached hydrogens (primary N) is 1. The van der Waals surface area contributed by atoms with Crippen LogP contribution in [-0.4, -0.2) is 44.4 Å². The molecule has 1 saturated heterocycles. The number of rotatable bonds is 9. The van der Waals surface area contributed by atoms with Gasteiger partial charge in [-0.05, 0) is 49.4 Å². The second-order valence-electron chi connectivity index (χ2n) is 7.64. The summed E-state index contributed by atoms with van der Waals surface area (Å²) in [5.74, 6) is -0.377. The first kappa shape index (κ1) is 22.4. The zero-order valence-corrected chi connectivity index (χ0v) is 17.7. The number of carbonyl (C=O) groups excluding carboxylic acids is 1. The van der Waals surface area contributed by atoms with Gasteiger partial charge in [0.25, 0.3) is 0 Å². The predicted molar refractivity (Wildman–Crippen MR) is 114 cm³/mol. The molecule has 6 nitrogen and oxygen atoms in total. The van der Waals surface area contributed by atoms with Crippen molar-refractivity contribution in [3.8, 4) is 0 Å². The Morgan fingerprint density at radius 2 is 1.87 bits per heavy atom. The van der Waals surface area contributed by atoms with Crippen molar-refractivity contribution in [1.29, 1.82) is 0 Å². The van der Waals surface area contributed by atoms with Gasteiger partial charge in [-0.15, -0.1) is 0 Å². The molecule has 2 aromatic carbocycles. The minimum absolute atomic E-state index is 0.0170. The van der Waals surface area contributed by atoms with E-state index in [0.29, 0.717) is 24.9 Å². The predicted octanol–water partition coefficient (Wildman–Crippen LogP) is 2.45. The molecule has 1 heterocycles. The van der Waals surface area contributed by atoms with Crippen molar-refractivity contribution in [2.24, 2.45) is 5.73 Å². The van der Waals surface area contributed by atoms with Gasteiger partial charge in [-0.25, -0.2) is 17.5 Å². The van der Waals surface area contributed by atoms with Gasteiger partial charge >= 0.3 is 0 Å². The molecule has 1 aliphatic rings. The molecule has 1 fully saturated rings. The molecule has 0 aliphatic carbocycles. The molecule has 1 amide bonds. The van der Waals surface area contributed by atoms with Crippen LogP contribution in [0, 0.1) is 5.82 Å². The molecule has 1 unspecified atom stereocenters. The summed E-state index contributed by atoms with van der Waals surface area (Å²) in [7, 11) is -3.56. The largest absolute Gasteiger partial charge is 0.340 e. The van der Waals surface area contributed by atoms with Gasteiger partial charge in [0.05, 0.1) is 4.90 Å². The van der Waals surface area contributed by atoms with Crippen LogP contribution in [-0.2, 0) is 21.2 Å². The lowest BCUT2D eigenvalue weighted by atomic mass is 10.0. The first-order valence-corrected chi connectivity index (χ1v) is 11.7. The Morgan fingerprint density at radius 3 is 2.60 bits per heavy atom. The number of nitrogens with one attached hydrogen (secondary N) is 1. The van der Waals surface area contributed by atoms with E-state index in [4.69, 9.17) is 5.73 Å². The minimum atomic E-state index is -3.56. The molecule has 8 heteroatoms. The minimum Gasteiger partial charge on any atom is -0.340 e. The van der Waals surface area contributed by atoms with Crippen LogP contribution in [0.15, 0.2) is 59.5 Å². The zero-order valence-electron chi connectivity index (χ0n) is 16.8. The number of amides is 1. The van der Waals surface area contributed by atoms with Gasteiger partial charge in [0.15, 0.2) is 0 Å². The van der Waals surface area contributed by atoms with Crippen LogP contribution in [0.1, 0.15) is 31.2 Å². The van der Waals surface area contributed by atoms with Gasteiger partial charge in [-0.1, -0.05) is 36.4 Å². The highest BCUT2D eigenvalue weighted by Gasteiger charge is 2.29. The third kappa shape index (κ3) is 5.87. The molecule has 162 valence electrons. The van der Waals surface area contributed by atoms with Crippen molar-refractivity contribution in [3.63, 3.8) is 0 Å². The average molecular weight is 434 g/mol. The molecule has 0 saturated carbocycles. The molecule has 2 aromatic rings. The molecule has 3 rings (SSSR count). The summed E-state index contributed by atoms with van der Waals surface area (Å²) in [6, 6.07) is 14.2. The second-order valence-corrected chi connectivity index (χ2v) is 9.41. The molecule has 0 aromatic heterocycles. The molecular formula is C22H28FN3O3S. The second kappa shape index (κ2) is 10.1. The summed E-state index contributed by atoms with van der Waals surface area (Å²) < 4.78 is 41.1. The fraction of sp³-hybridized carbons (Fsp3) is 0.409. The van der Waals surface area contributed by atoms with Crippen molar-refractivity contribution < 1.29 is 17.6 Å². The Bertz CT molecular complexity index is 953. The van der Waals surface area contributed by atoms with Gasteiger partial charge in [-0.2, -0.15) is 0 Å². The number of sulfonamides is 1. The normalized spacial score (nSPS) is 17.8. The highest BCUT2D eigenvalue weighted by Crippen LogP contribution is 2.22. The fourth-order valence-electron chi connectivity index (χ4n) is 3.87. The quantitative estimate of drug-likeness (QED) is 0.635. The molecule has 30 heavy (non-hydrogen) atoms. The fourth-order valence-corrected chi connectivity index (χ4v) is 4.94. The maximum Gasteiger partial charge on any atom is 0.240 e. The highest BCUT2D eigenvalue weighted by molar-refractivity contribution is 7.89. The van der Waals surface area contributed by atoms with Gasteiger partial charge in [0, 0.05) is 31.6 Å². The van der Waals surface area contributed by atoms with Gasteiger partial charge in [-0.3, -0.25) is 4.79 Å². The number of nitrogens with zero attached hydrogens (tertiary/aromatic N) is 1. The van der Waals surface area contributed by atoms with E-state index in [0.717, 1.165) is 12.8 Å². The Balaban J connectivity index is 1.50.